The molecule has 0 amide bonds. The number of benzene rings is 2. The average molecular weight is 336 g/mol. The van der Waals surface area contributed by atoms with Gasteiger partial charge in [-0.05, 0) is 43.7 Å². The van der Waals surface area contributed by atoms with Gasteiger partial charge in [0.1, 0.15) is 10.8 Å². The summed E-state index contributed by atoms with van der Waals surface area (Å²) in [4.78, 5) is 0.788. The number of aromatic nitrogens is 4. The fourth-order valence-corrected chi connectivity index (χ4v) is 3.63. The van der Waals surface area contributed by atoms with E-state index in [0.29, 0.717) is 0 Å². The first-order valence-corrected chi connectivity index (χ1v) is 8.41. The second-order valence-electron chi connectivity index (χ2n) is 5.67. The largest absolute Gasteiger partial charge is 0.497 e. The molecule has 0 aliphatic rings. The fraction of sp³-hybridized carbons (Fsp3) is 0.167. The van der Waals surface area contributed by atoms with Crippen LogP contribution in [-0.4, -0.2) is 26.9 Å². The van der Waals surface area contributed by atoms with E-state index in [1.807, 2.05) is 24.3 Å². The van der Waals surface area contributed by atoms with Crippen molar-refractivity contribution in [1.82, 2.24) is 19.8 Å². The average Bonchev–Trinajstić information content (AvgIpc) is 3.15. The molecular formula is C18H16N4OS. The number of rotatable bonds is 3. The van der Waals surface area contributed by atoms with Crippen molar-refractivity contribution in [3.8, 4) is 27.7 Å². The van der Waals surface area contributed by atoms with Crippen molar-refractivity contribution in [3.05, 3.63) is 53.6 Å². The van der Waals surface area contributed by atoms with Crippen LogP contribution in [0.3, 0.4) is 0 Å². The fourth-order valence-electron chi connectivity index (χ4n) is 2.70. The summed E-state index contributed by atoms with van der Waals surface area (Å²) in [6.45, 7) is 4.20. The van der Waals surface area contributed by atoms with Crippen LogP contribution < -0.4 is 4.74 Å². The van der Waals surface area contributed by atoms with Crippen LogP contribution >= 0.6 is 11.3 Å². The molecule has 0 saturated carbocycles. The number of nitrogens with zero attached hydrogens (tertiary/aromatic N) is 4. The highest BCUT2D eigenvalue weighted by Crippen LogP contribution is 2.30. The molecule has 4 aromatic rings. The molecular weight excluding hydrogens is 320 g/mol. The predicted octanol–water partition coefficient (Wildman–Crippen LogP) is 4.15. The zero-order chi connectivity index (χ0) is 16.7. The molecule has 0 spiro atoms. The van der Waals surface area contributed by atoms with Crippen LogP contribution in [-0.2, 0) is 0 Å². The second kappa shape index (κ2) is 5.72. The van der Waals surface area contributed by atoms with E-state index in [0.717, 1.165) is 32.7 Å². The number of methoxy groups -OCH3 is 1. The van der Waals surface area contributed by atoms with E-state index in [9.17, 15) is 0 Å². The second-order valence-corrected chi connectivity index (χ2v) is 6.63. The molecule has 0 radical (unpaired) electrons. The van der Waals surface area contributed by atoms with E-state index in [1.165, 1.54) is 11.1 Å². The zero-order valence-electron chi connectivity index (χ0n) is 13.6. The third-order valence-electron chi connectivity index (χ3n) is 3.95. The highest BCUT2D eigenvalue weighted by molar-refractivity contribution is 7.19. The standard InChI is InChI=1S/C18H16N4OS/c1-11-4-9-15(12(2)10-11)17-21-22-16(19-20-18(22)24-17)13-5-7-14(23-3)8-6-13/h4-10H,1-3H3. The van der Waals surface area contributed by atoms with Gasteiger partial charge in [0.15, 0.2) is 5.82 Å². The summed E-state index contributed by atoms with van der Waals surface area (Å²) in [5.41, 5.74) is 4.56. The molecule has 0 bridgehead atoms. The summed E-state index contributed by atoms with van der Waals surface area (Å²) in [6, 6.07) is 14.1. The Balaban J connectivity index is 1.80. The molecule has 0 unspecified atom stereocenters. The topological polar surface area (TPSA) is 52.3 Å². The lowest BCUT2D eigenvalue weighted by atomic mass is 10.1. The summed E-state index contributed by atoms with van der Waals surface area (Å²) < 4.78 is 7.01. The lowest BCUT2D eigenvalue weighted by molar-refractivity contribution is 0.415. The molecule has 120 valence electrons. The Labute approximate surface area is 143 Å². The van der Waals surface area contributed by atoms with Gasteiger partial charge >= 0.3 is 0 Å². The Kier molecular flexibility index (Phi) is 3.54. The molecule has 2 aromatic carbocycles. The van der Waals surface area contributed by atoms with Crippen molar-refractivity contribution in [1.29, 1.82) is 0 Å². The van der Waals surface area contributed by atoms with Gasteiger partial charge in [-0.25, -0.2) is 0 Å². The summed E-state index contributed by atoms with van der Waals surface area (Å²) >= 11 is 1.55. The third kappa shape index (κ3) is 2.45. The minimum absolute atomic E-state index is 0.736. The molecule has 0 atom stereocenters. The van der Waals surface area contributed by atoms with Crippen molar-refractivity contribution in [2.24, 2.45) is 0 Å². The minimum atomic E-state index is 0.736. The highest BCUT2D eigenvalue weighted by atomic mass is 32.1. The molecule has 0 aliphatic heterocycles. The molecule has 24 heavy (non-hydrogen) atoms. The maximum atomic E-state index is 5.20. The monoisotopic (exact) mass is 336 g/mol. The van der Waals surface area contributed by atoms with Gasteiger partial charge in [-0.2, -0.15) is 9.61 Å². The van der Waals surface area contributed by atoms with Crippen molar-refractivity contribution in [2.45, 2.75) is 13.8 Å². The first kappa shape index (κ1) is 14.8. The van der Waals surface area contributed by atoms with Crippen LogP contribution in [0.4, 0.5) is 0 Å². The maximum absolute atomic E-state index is 5.20. The van der Waals surface area contributed by atoms with E-state index >= 15 is 0 Å². The number of ether oxygens (including phenoxy) is 1. The molecule has 4 rings (SSSR count). The quantitative estimate of drug-likeness (QED) is 0.564. The smallest absolute Gasteiger partial charge is 0.235 e. The molecule has 0 fully saturated rings. The van der Waals surface area contributed by atoms with Crippen LogP contribution in [0.25, 0.3) is 26.9 Å². The van der Waals surface area contributed by atoms with Gasteiger partial charge in [0, 0.05) is 11.1 Å². The number of hydrogen-bond donors (Lipinski definition) is 0. The molecule has 0 saturated heterocycles. The molecule has 0 N–H and O–H groups in total. The molecule has 2 heterocycles. The molecule has 5 nitrogen and oxygen atoms in total. The van der Waals surface area contributed by atoms with E-state index in [4.69, 9.17) is 9.84 Å². The highest BCUT2D eigenvalue weighted by Gasteiger charge is 2.15. The Hall–Kier alpha value is -2.73. The van der Waals surface area contributed by atoms with Crippen molar-refractivity contribution in [2.75, 3.05) is 7.11 Å². The third-order valence-corrected chi connectivity index (χ3v) is 4.88. The van der Waals surface area contributed by atoms with Crippen LogP contribution in [0, 0.1) is 13.8 Å². The van der Waals surface area contributed by atoms with E-state index < -0.39 is 0 Å². The van der Waals surface area contributed by atoms with Gasteiger partial charge in [-0.3, -0.25) is 0 Å². The summed E-state index contributed by atoms with van der Waals surface area (Å²) in [5.74, 6) is 1.55. The number of aryl methyl sites for hydroxylation is 2. The first-order valence-electron chi connectivity index (χ1n) is 7.60. The molecule has 0 aliphatic carbocycles. The van der Waals surface area contributed by atoms with Gasteiger partial charge in [-0.15, -0.1) is 10.2 Å². The lowest BCUT2D eigenvalue weighted by Gasteiger charge is -2.03. The maximum Gasteiger partial charge on any atom is 0.235 e. The SMILES string of the molecule is COc1ccc(-c2nnc3sc(-c4ccc(C)cc4C)nn23)cc1. The normalized spacial score (nSPS) is 11.1. The predicted molar refractivity (Wildman–Crippen MR) is 95.6 cm³/mol. The van der Waals surface area contributed by atoms with Crippen LogP contribution in [0.1, 0.15) is 11.1 Å². The summed E-state index contributed by atoms with van der Waals surface area (Å²) in [6.07, 6.45) is 0. The van der Waals surface area contributed by atoms with Crippen molar-refractivity contribution < 1.29 is 4.74 Å². The zero-order valence-corrected chi connectivity index (χ0v) is 14.5. The van der Waals surface area contributed by atoms with Crippen LogP contribution in [0.15, 0.2) is 42.5 Å². The van der Waals surface area contributed by atoms with E-state index in [2.05, 4.69) is 42.2 Å². The Morgan fingerprint density at radius 3 is 2.50 bits per heavy atom. The van der Waals surface area contributed by atoms with Gasteiger partial charge < -0.3 is 4.74 Å². The Morgan fingerprint density at radius 1 is 1.00 bits per heavy atom. The van der Waals surface area contributed by atoms with E-state index in [1.54, 1.807) is 23.0 Å². The first-order chi connectivity index (χ1) is 11.7. The van der Waals surface area contributed by atoms with Crippen LogP contribution in [0.2, 0.25) is 0 Å². The van der Waals surface area contributed by atoms with E-state index in [-0.39, 0.29) is 0 Å². The lowest BCUT2D eigenvalue weighted by Crippen LogP contribution is -1.92. The summed E-state index contributed by atoms with van der Waals surface area (Å²) in [5, 5.41) is 14.2. The van der Waals surface area contributed by atoms with Gasteiger partial charge in [0.05, 0.1) is 7.11 Å². The van der Waals surface area contributed by atoms with Crippen molar-refractivity contribution >= 4 is 16.3 Å². The summed E-state index contributed by atoms with van der Waals surface area (Å²) in [7, 11) is 1.65. The minimum Gasteiger partial charge on any atom is -0.497 e. The van der Waals surface area contributed by atoms with Gasteiger partial charge in [-0.1, -0.05) is 35.1 Å². The van der Waals surface area contributed by atoms with Gasteiger partial charge in [0.2, 0.25) is 4.96 Å². The van der Waals surface area contributed by atoms with Gasteiger partial charge in [0.25, 0.3) is 0 Å². The number of hydrogen-bond acceptors (Lipinski definition) is 5. The van der Waals surface area contributed by atoms with Crippen molar-refractivity contribution in [3.63, 3.8) is 0 Å². The Morgan fingerprint density at radius 2 is 1.79 bits per heavy atom. The van der Waals surface area contributed by atoms with Crippen LogP contribution in [0.5, 0.6) is 5.75 Å². The molecule has 2 aromatic heterocycles. The molecule has 6 heteroatoms. The Bertz CT molecular complexity index is 1020. The number of fused-ring (bicyclic) bond motifs is 1.